The summed E-state index contributed by atoms with van der Waals surface area (Å²) in [4.78, 5) is 19.5. The lowest BCUT2D eigenvalue weighted by Gasteiger charge is -2.24. The highest BCUT2D eigenvalue weighted by Crippen LogP contribution is 2.37. The van der Waals surface area contributed by atoms with Crippen molar-refractivity contribution in [1.29, 1.82) is 0 Å². The van der Waals surface area contributed by atoms with Crippen LogP contribution in [0.2, 0.25) is 0 Å². The molecule has 1 heterocycles. The predicted molar refractivity (Wildman–Crippen MR) is 139 cm³/mol. The molecule has 0 aliphatic carbocycles. The predicted octanol–water partition coefficient (Wildman–Crippen LogP) is 7.39. The van der Waals surface area contributed by atoms with Gasteiger partial charge in [0.1, 0.15) is 5.82 Å². The van der Waals surface area contributed by atoms with Crippen LogP contribution in [0, 0.1) is 12.7 Å². The van der Waals surface area contributed by atoms with Crippen molar-refractivity contribution in [3.63, 3.8) is 0 Å². The number of aryl methyl sites for hydroxylation is 1. The molecule has 0 aliphatic rings. The number of hydrogen-bond acceptors (Lipinski definition) is 3. The maximum Gasteiger partial charge on any atom is 0.178 e. The number of pyridine rings is 1. The van der Waals surface area contributed by atoms with E-state index < -0.39 is 10.8 Å². The first kappa shape index (κ1) is 26.0. The van der Waals surface area contributed by atoms with Gasteiger partial charge in [0.15, 0.2) is 5.78 Å². The molecule has 34 heavy (non-hydrogen) atoms. The Balaban J connectivity index is 2.25. The lowest BCUT2D eigenvalue weighted by molar-refractivity contribution is 0.102. The third-order valence-corrected chi connectivity index (χ3v) is 7.23. The largest absolute Gasteiger partial charge is 0.293 e. The maximum atomic E-state index is 13.8. The molecule has 0 fully saturated rings. The molecule has 0 spiro atoms. The minimum atomic E-state index is -1.47. The Morgan fingerprint density at radius 3 is 2.06 bits per heavy atom. The third-order valence-electron chi connectivity index (χ3n) is 5.91. The van der Waals surface area contributed by atoms with Gasteiger partial charge in [0, 0.05) is 16.2 Å². The Kier molecular flexibility index (Phi) is 8.53. The molecular formula is C29H34FNO2S. The highest BCUT2D eigenvalue weighted by molar-refractivity contribution is 7.85. The van der Waals surface area contributed by atoms with E-state index in [-0.39, 0.29) is 29.2 Å². The van der Waals surface area contributed by atoms with Gasteiger partial charge >= 0.3 is 0 Å². The molecule has 2 aromatic carbocycles. The van der Waals surface area contributed by atoms with Crippen LogP contribution < -0.4 is 0 Å². The topological polar surface area (TPSA) is 47.0 Å². The number of Topliss-reactive ketones (excluding diaryl/α,β-unsaturated/α-hetero) is 1. The second kappa shape index (κ2) is 11.2. The SMILES string of the molecule is CCCc1c(C(C)C)nc(C(C)C)c(C(=O)CS(=O)c2ccc(C)cc2)c1-c1ccc(F)cc1. The van der Waals surface area contributed by atoms with Gasteiger partial charge in [-0.2, -0.15) is 0 Å². The van der Waals surface area contributed by atoms with Crippen LogP contribution in [0.25, 0.3) is 11.1 Å². The number of hydrogen-bond donors (Lipinski definition) is 0. The Morgan fingerprint density at radius 2 is 1.53 bits per heavy atom. The van der Waals surface area contributed by atoms with Gasteiger partial charge < -0.3 is 0 Å². The fourth-order valence-corrected chi connectivity index (χ4v) is 5.23. The van der Waals surface area contributed by atoms with Crippen LogP contribution >= 0.6 is 0 Å². The van der Waals surface area contributed by atoms with Crippen molar-refractivity contribution < 1.29 is 13.4 Å². The molecule has 0 N–H and O–H groups in total. The second-order valence-electron chi connectivity index (χ2n) is 9.40. The first-order chi connectivity index (χ1) is 16.1. The summed E-state index contributed by atoms with van der Waals surface area (Å²) in [5.74, 6) is -0.465. The van der Waals surface area contributed by atoms with E-state index in [2.05, 4.69) is 20.8 Å². The smallest absolute Gasteiger partial charge is 0.178 e. The van der Waals surface area contributed by atoms with Crippen LogP contribution in [0.3, 0.4) is 0 Å². The summed E-state index contributed by atoms with van der Waals surface area (Å²) in [6.07, 6.45) is 1.65. The van der Waals surface area contributed by atoms with Crippen molar-refractivity contribution in [2.45, 2.75) is 71.1 Å². The van der Waals surface area contributed by atoms with Crippen LogP contribution in [0.15, 0.2) is 53.4 Å². The number of carbonyl (C=O) groups is 1. The van der Waals surface area contributed by atoms with E-state index in [1.165, 1.54) is 12.1 Å². The zero-order chi connectivity index (χ0) is 25.0. The average molecular weight is 480 g/mol. The molecule has 1 unspecified atom stereocenters. The van der Waals surface area contributed by atoms with E-state index in [1.807, 2.05) is 45.0 Å². The molecule has 0 saturated heterocycles. The van der Waals surface area contributed by atoms with E-state index in [4.69, 9.17) is 4.98 Å². The van der Waals surface area contributed by atoms with Crippen molar-refractivity contribution in [3.05, 3.63) is 82.4 Å². The van der Waals surface area contributed by atoms with Crippen molar-refractivity contribution in [2.75, 3.05) is 5.75 Å². The van der Waals surface area contributed by atoms with Gasteiger partial charge in [0.25, 0.3) is 0 Å². The molecule has 180 valence electrons. The number of carbonyl (C=O) groups excluding carboxylic acids is 1. The number of nitrogens with zero attached hydrogens (tertiary/aromatic N) is 1. The fraction of sp³-hybridized carbons (Fsp3) is 0.379. The summed E-state index contributed by atoms with van der Waals surface area (Å²) in [6, 6.07) is 13.7. The maximum absolute atomic E-state index is 13.8. The van der Waals surface area contributed by atoms with Crippen molar-refractivity contribution in [2.24, 2.45) is 0 Å². The molecule has 0 saturated carbocycles. The number of aromatic nitrogens is 1. The summed E-state index contributed by atoms with van der Waals surface area (Å²) in [7, 11) is -1.47. The molecule has 0 bridgehead atoms. The number of ketones is 1. The van der Waals surface area contributed by atoms with Crippen molar-refractivity contribution >= 4 is 16.6 Å². The van der Waals surface area contributed by atoms with Crippen LogP contribution in [0.4, 0.5) is 4.39 Å². The Morgan fingerprint density at radius 1 is 0.941 bits per heavy atom. The van der Waals surface area contributed by atoms with Gasteiger partial charge in [-0.15, -0.1) is 0 Å². The minimum absolute atomic E-state index is 0.000801. The molecule has 3 nitrogen and oxygen atoms in total. The molecular weight excluding hydrogens is 445 g/mol. The summed E-state index contributed by atoms with van der Waals surface area (Å²) in [5, 5.41) is 0. The number of rotatable bonds is 9. The zero-order valence-corrected chi connectivity index (χ0v) is 21.8. The molecule has 1 atom stereocenters. The lowest BCUT2D eigenvalue weighted by Crippen LogP contribution is -2.20. The summed E-state index contributed by atoms with van der Waals surface area (Å²) < 4.78 is 26.9. The molecule has 5 heteroatoms. The van der Waals surface area contributed by atoms with Gasteiger partial charge in [-0.1, -0.05) is 70.9 Å². The van der Waals surface area contributed by atoms with E-state index in [0.717, 1.165) is 40.8 Å². The summed E-state index contributed by atoms with van der Waals surface area (Å²) in [5.41, 5.74) is 5.92. The van der Waals surface area contributed by atoms with Gasteiger partial charge in [0.2, 0.25) is 0 Å². The standard InChI is InChI=1S/C29H34FNO2S/c1-7-8-24-26(21-11-13-22(30)14-12-21)27(29(19(4)5)31-28(24)18(2)3)25(32)17-34(33)23-15-9-20(6)10-16-23/h9-16,18-19H,7-8,17H2,1-6H3. The quantitative estimate of drug-likeness (QED) is 0.301. The zero-order valence-electron chi connectivity index (χ0n) is 20.9. The third kappa shape index (κ3) is 5.69. The van der Waals surface area contributed by atoms with E-state index in [0.29, 0.717) is 16.2 Å². The van der Waals surface area contributed by atoms with Crippen molar-refractivity contribution in [3.8, 4) is 11.1 Å². The molecule has 0 radical (unpaired) electrons. The average Bonchev–Trinajstić information content (AvgIpc) is 2.79. The molecule has 0 amide bonds. The van der Waals surface area contributed by atoms with E-state index >= 15 is 0 Å². The number of halogens is 1. The summed E-state index contributed by atoms with van der Waals surface area (Å²) >= 11 is 0. The van der Waals surface area contributed by atoms with Crippen molar-refractivity contribution in [1.82, 2.24) is 4.98 Å². The Labute approximate surface area is 205 Å². The Hall–Kier alpha value is -2.66. The summed E-state index contributed by atoms with van der Waals surface area (Å²) in [6.45, 7) is 12.3. The highest BCUT2D eigenvalue weighted by Gasteiger charge is 2.28. The first-order valence-corrected chi connectivity index (χ1v) is 13.3. The first-order valence-electron chi connectivity index (χ1n) is 11.9. The highest BCUT2D eigenvalue weighted by atomic mass is 32.2. The van der Waals surface area contributed by atoms with E-state index in [1.54, 1.807) is 12.1 Å². The Bertz CT molecular complexity index is 1180. The van der Waals surface area contributed by atoms with Gasteiger partial charge in [0.05, 0.1) is 22.2 Å². The monoisotopic (exact) mass is 479 g/mol. The molecule has 0 aliphatic heterocycles. The van der Waals surface area contributed by atoms with Crippen LogP contribution in [0.1, 0.15) is 85.7 Å². The molecule has 3 aromatic rings. The van der Waals surface area contributed by atoms with E-state index in [9.17, 15) is 13.4 Å². The van der Waals surface area contributed by atoms with Crippen LogP contribution in [0.5, 0.6) is 0 Å². The molecule has 3 rings (SSSR count). The van der Waals surface area contributed by atoms with Gasteiger partial charge in [-0.25, -0.2) is 4.39 Å². The van der Waals surface area contributed by atoms with Gasteiger partial charge in [-0.05, 0) is 66.1 Å². The minimum Gasteiger partial charge on any atom is -0.293 e. The fourth-order valence-electron chi connectivity index (χ4n) is 4.24. The normalized spacial score (nSPS) is 12.4. The molecule has 1 aromatic heterocycles. The number of benzene rings is 2. The second-order valence-corrected chi connectivity index (χ2v) is 10.9. The lowest BCUT2D eigenvalue weighted by atomic mass is 9.84. The van der Waals surface area contributed by atoms with Crippen LogP contribution in [-0.2, 0) is 17.2 Å². The van der Waals surface area contributed by atoms with Crippen LogP contribution in [-0.4, -0.2) is 20.7 Å². The van der Waals surface area contributed by atoms with Gasteiger partial charge in [-0.3, -0.25) is 14.0 Å².